The molecule has 0 aliphatic carbocycles. The van der Waals surface area contributed by atoms with Crippen LogP contribution in [0.25, 0.3) is 0 Å². The number of rotatable bonds is 9. The molecule has 1 aromatic heterocycles. The number of nitrogens with zero attached hydrogens (tertiary/aromatic N) is 2. The molecular formula is C20H27N3O3S. The third kappa shape index (κ3) is 6.45. The van der Waals surface area contributed by atoms with Crippen molar-refractivity contribution in [3.05, 3.63) is 59.9 Å². The van der Waals surface area contributed by atoms with E-state index in [2.05, 4.69) is 9.71 Å². The summed E-state index contributed by atoms with van der Waals surface area (Å²) in [5.74, 6) is 0.288. The van der Waals surface area contributed by atoms with Gasteiger partial charge in [0.15, 0.2) is 0 Å². The van der Waals surface area contributed by atoms with Crippen molar-refractivity contribution in [1.29, 1.82) is 0 Å². The first kappa shape index (κ1) is 21.1. The van der Waals surface area contributed by atoms with Gasteiger partial charge in [-0.3, -0.25) is 9.78 Å². The lowest BCUT2D eigenvalue weighted by atomic mass is 10.1. The van der Waals surface area contributed by atoms with Gasteiger partial charge < -0.3 is 4.90 Å². The highest BCUT2D eigenvalue weighted by molar-refractivity contribution is 7.89. The minimum Gasteiger partial charge on any atom is -0.341 e. The van der Waals surface area contributed by atoms with Crippen LogP contribution in [-0.2, 0) is 16.4 Å². The van der Waals surface area contributed by atoms with Crippen molar-refractivity contribution in [2.24, 2.45) is 5.92 Å². The van der Waals surface area contributed by atoms with E-state index in [0.717, 1.165) is 18.4 Å². The maximum absolute atomic E-state index is 12.5. The quantitative estimate of drug-likeness (QED) is 0.715. The highest BCUT2D eigenvalue weighted by atomic mass is 32.2. The molecule has 1 aromatic carbocycles. The lowest BCUT2D eigenvalue weighted by molar-refractivity contribution is 0.0796. The average molecular weight is 390 g/mol. The van der Waals surface area contributed by atoms with E-state index in [1.165, 1.54) is 12.1 Å². The van der Waals surface area contributed by atoms with Crippen LogP contribution in [0.1, 0.15) is 36.2 Å². The first-order valence-corrected chi connectivity index (χ1v) is 10.5. The van der Waals surface area contributed by atoms with Crippen molar-refractivity contribution in [3.63, 3.8) is 0 Å². The van der Waals surface area contributed by atoms with E-state index in [0.29, 0.717) is 24.6 Å². The minimum atomic E-state index is -3.55. The highest BCUT2D eigenvalue weighted by Crippen LogP contribution is 2.13. The Labute approximate surface area is 161 Å². The molecule has 0 spiro atoms. The predicted molar refractivity (Wildman–Crippen MR) is 106 cm³/mol. The van der Waals surface area contributed by atoms with Crippen LogP contribution in [0.2, 0.25) is 0 Å². The van der Waals surface area contributed by atoms with Gasteiger partial charge in [-0.05, 0) is 60.7 Å². The standard InChI is InChI=1S/C20H27N3O3S/c1-16(2)8-14-22-27(25,26)19-6-4-18(5-7-19)20(24)23(3)15-11-17-9-12-21-13-10-17/h4-7,9-10,12-13,16,22H,8,11,14-15H2,1-3H3. The van der Waals surface area contributed by atoms with Crippen LogP contribution in [0.4, 0.5) is 0 Å². The molecule has 2 aromatic rings. The smallest absolute Gasteiger partial charge is 0.253 e. The molecule has 0 unspecified atom stereocenters. The van der Waals surface area contributed by atoms with Gasteiger partial charge >= 0.3 is 0 Å². The van der Waals surface area contributed by atoms with Crippen molar-refractivity contribution >= 4 is 15.9 Å². The number of likely N-dealkylation sites (N-methyl/N-ethyl adjacent to an activating group) is 1. The fourth-order valence-electron chi connectivity index (χ4n) is 2.51. The predicted octanol–water partition coefficient (Wildman–Crippen LogP) is 2.72. The molecule has 146 valence electrons. The summed E-state index contributed by atoms with van der Waals surface area (Å²) < 4.78 is 27.1. The summed E-state index contributed by atoms with van der Waals surface area (Å²) in [4.78, 5) is 18.3. The number of hydrogen-bond donors (Lipinski definition) is 1. The Bertz CT molecular complexity index is 835. The summed E-state index contributed by atoms with van der Waals surface area (Å²) in [6, 6.07) is 9.91. The van der Waals surface area contributed by atoms with Gasteiger partial charge in [0.2, 0.25) is 10.0 Å². The van der Waals surface area contributed by atoms with Gasteiger partial charge in [0.1, 0.15) is 0 Å². The second kappa shape index (κ2) is 9.62. The van der Waals surface area contributed by atoms with Crippen LogP contribution in [0.5, 0.6) is 0 Å². The Balaban J connectivity index is 1.95. The monoisotopic (exact) mass is 389 g/mol. The fraction of sp³-hybridized carbons (Fsp3) is 0.400. The fourth-order valence-corrected chi connectivity index (χ4v) is 3.56. The number of pyridine rings is 1. The van der Waals surface area contributed by atoms with E-state index in [-0.39, 0.29) is 10.8 Å². The normalized spacial score (nSPS) is 11.6. The van der Waals surface area contributed by atoms with Crippen molar-refractivity contribution in [2.75, 3.05) is 20.1 Å². The van der Waals surface area contributed by atoms with E-state index in [1.54, 1.807) is 36.5 Å². The van der Waals surface area contributed by atoms with Crippen LogP contribution < -0.4 is 4.72 Å². The number of aromatic nitrogens is 1. The van der Waals surface area contributed by atoms with Crippen LogP contribution in [0, 0.1) is 5.92 Å². The van der Waals surface area contributed by atoms with Crippen LogP contribution in [0.3, 0.4) is 0 Å². The molecule has 7 heteroatoms. The van der Waals surface area contributed by atoms with Gasteiger partial charge in [0.05, 0.1) is 4.90 Å². The van der Waals surface area contributed by atoms with E-state index in [1.807, 2.05) is 26.0 Å². The molecule has 27 heavy (non-hydrogen) atoms. The van der Waals surface area contributed by atoms with Gasteiger partial charge in [-0.15, -0.1) is 0 Å². The molecule has 0 atom stereocenters. The van der Waals surface area contributed by atoms with Gasteiger partial charge in [0, 0.05) is 38.1 Å². The van der Waals surface area contributed by atoms with Crippen molar-refractivity contribution in [3.8, 4) is 0 Å². The zero-order valence-corrected chi connectivity index (χ0v) is 16.9. The van der Waals surface area contributed by atoms with E-state index in [9.17, 15) is 13.2 Å². The molecule has 0 saturated heterocycles. The first-order valence-electron chi connectivity index (χ1n) is 9.03. The summed E-state index contributed by atoms with van der Waals surface area (Å²) >= 11 is 0. The molecule has 0 radical (unpaired) electrons. The zero-order valence-electron chi connectivity index (χ0n) is 16.1. The van der Waals surface area contributed by atoms with Crippen LogP contribution in [0.15, 0.2) is 53.7 Å². The number of amides is 1. The molecule has 0 aliphatic heterocycles. The molecule has 1 amide bonds. The van der Waals surface area contributed by atoms with E-state index in [4.69, 9.17) is 0 Å². The van der Waals surface area contributed by atoms with Gasteiger partial charge in [-0.1, -0.05) is 13.8 Å². The number of carbonyl (C=O) groups is 1. The van der Waals surface area contributed by atoms with Crippen molar-refractivity contribution in [2.45, 2.75) is 31.6 Å². The molecule has 1 heterocycles. The molecular weight excluding hydrogens is 362 g/mol. The summed E-state index contributed by atoms with van der Waals surface area (Å²) in [7, 11) is -1.81. The SMILES string of the molecule is CC(C)CCNS(=O)(=O)c1ccc(C(=O)N(C)CCc2ccncc2)cc1. The van der Waals surface area contributed by atoms with E-state index < -0.39 is 10.0 Å². The summed E-state index contributed by atoms with van der Waals surface area (Å²) in [6.07, 6.45) is 4.96. The average Bonchev–Trinajstić information content (AvgIpc) is 2.66. The second-order valence-corrected chi connectivity index (χ2v) is 8.70. The molecule has 6 nitrogen and oxygen atoms in total. The molecule has 2 rings (SSSR count). The van der Waals surface area contributed by atoms with Gasteiger partial charge in [0.25, 0.3) is 5.91 Å². The molecule has 0 bridgehead atoms. The Kier molecular flexibility index (Phi) is 7.50. The molecule has 0 aliphatic rings. The Morgan fingerprint density at radius 3 is 2.33 bits per heavy atom. The Morgan fingerprint density at radius 2 is 1.74 bits per heavy atom. The first-order chi connectivity index (χ1) is 12.8. The zero-order chi connectivity index (χ0) is 19.9. The van der Waals surface area contributed by atoms with Crippen LogP contribution in [-0.4, -0.2) is 44.3 Å². The molecule has 0 saturated carbocycles. The summed E-state index contributed by atoms with van der Waals surface area (Å²) in [6.45, 7) is 5.05. The number of nitrogens with one attached hydrogen (secondary N) is 1. The van der Waals surface area contributed by atoms with Gasteiger partial charge in [-0.25, -0.2) is 13.1 Å². The van der Waals surface area contributed by atoms with E-state index >= 15 is 0 Å². The maximum atomic E-state index is 12.5. The third-order valence-corrected chi connectivity index (χ3v) is 5.73. The van der Waals surface area contributed by atoms with Crippen LogP contribution >= 0.6 is 0 Å². The highest BCUT2D eigenvalue weighted by Gasteiger charge is 2.16. The largest absolute Gasteiger partial charge is 0.341 e. The lowest BCUT2D eigenvalue weighted by Gasteiger charge is -2.17. The number of carbonyl (C=O) groups excluding carboxylic acids is 1. The topological polar surface area (TPSA) is 79.4 Å². The maximum Gasteiger partial charge on any atom is 0.253 e. The molecule has 1 N–H and O–H groups in total. The number of sulfonamides is 1. The molecule has 0 fully saturated rings. The lowest BCUT2D eigenvalue weighted by Crippen LogP contribution is -2.29. The summed E-state index contributed by atoms with van der Waals surface area (Å²) in [5, 5.41) is 0. The van der Waals surface area contributed by atoms with Crippen molar-refractivity contribution < 1.29 is 13.2 Å². The third-order valence-electron chi connectivity index (χ3n) is 4.26. The Hall–Kier alpha value is -2.25. The minimum absolute atomic E-state index is 0.138. The Morgan fingerprint density at radius 1 is 1.11 bits per heavy atom. The number of hydrogen-bond acceptors (Lipinski definition) is 4. The number of benzene rings is 1. The van der Waals surface area contributed by atoms with Crippen molar-refractivity contribution in [1.82, 2.24) is 14.6 Å². The second-order valence-electron chi connectivity index (χ2n) is 6.94. The summed E-state index contributed by atoms with van der Waals surface area (Å²) in [5.41, 5.74) is 1.58. The van der Waals surface area contributed by atoms with Gasteiger partial charge in [-0.2, -0.15) is 0 Å².